The third kappa shape index (κ3) is 3.18. The van der Waals surface area contributed by atoms with Crippen molar-refractivity contribution in [3.8, 4) is 5.75 Å². The Morgan fingerprint density at radius 1 is 0.846 bits per heavy atom. The summed E-state index contributed by atoms with van der Waals surface area (Å²) in [5.74, 6) is 0.782. The lowest BCUT2D eigenvalue weighted by atomic mass is 9.78. The summed E-state index contributed by atoms with van der Waals surface area (Å²) in [5, 5.41) is 11.9. The molecule has 0 saturated heterocycles. The van der Waals surface area contributed by atoms with Crippen molar-refractivity contribution in [2.75, 3.05) is 26.1 Å². The Hall–Kier alpha value is -2.78. The highest BCUT2D eigenvalue weighted by Crippen LogP contribution is 2.39. The van der Waals surface area contributed by atoms with E-state index in [0.29, 0.717) is 0 Å². The maximum absolute atomic E-state index is 11.9. The number of hydrogen-bond acceptors (Lipinski definition) is 3. The Kier molecular flexibility index (Phi) is 5.01. The van der Waals surface area contributed by atoms with Crippen molar-refractivity contribution >= 4 is 5.69 Å². The topological polar surface area (TPSA) is 32.7 Å². The average molecular weight is 347 g/mol. The molecule has 0 fully saturated rings. The minimum atomic E-state index is -1.23. The van der Waals surface area contributed by atoms with Crippen LogP contribution in [0.4, 0.5) is 5.69 Å². The van der Waals surface area contributed by atoms with E-state index < -0.39 is 5.60 Å². The van der Waals surface area contributed by atoms with Crippen LogP contribution in [0.25, 0.3) is 0 Å². The summed E-state index contributed by atoms with van der Waals surface area (Å²) in [7, 11) is 5.66. The Bertz CT molecular complexity index is 872. The SMILES string of the molecule is COc1ccc(C(O)(c2ccccc2)c2ccc(N(C)C)cc2)c(C)c1. The van der Waals surface area contributed by atoms with Gasteiger partial charge in [-0.1, -0.05) is 48.5 Å². The van der Waals surface area contributed by atoms with E-state index >= 15 is 0 Å². The average Bonchev–Trinajstić information content (AvgIpc) is 2.68. The van der Waals surface area contributed by atoms with Crippen molar-refractivity contribution in [1.29, 1.82) is 0 Å². The predicted octanol–water partition coefficient (Wildman–Crippen LogP) is 4.35. The molecule has 26 heavy (non-hydrogen) atoms. The Balaban J connectivity index is 2.21. The summed E-state index contributed by atoms with van der Waals surface area (Å²) >= 11 is 0. The molecule has 0 spiro atoms. The van der Waals surface area contributed by atoms with Gasteiger partial charge in [-0.3, -0.25) is 0 Å². The van der Waals surface area contributed by atoms with Gasteiger partial charge in [-0.2, -0.15) is 0 Å². The summed E-state index contributed by atoms with van der Waals surface area (Å²) in [4.78, 5) is 2.05. The number of benzene rings is 3. The van der Waals surface area contributed by atoms with Crippen molar-refractivity contribution in [2.45, 2.75) is 12.5 Å². The van der Waals surface area contributed by atoms with Gasteiger partial charge in [0.25, 0.3) is 0 Å². The molecule has 0 amide bonds. The van der Waals surface area contributed by atoms with Gasteiger partial charge in [-0.15, -0.1) is 0 Å². The third-order valence-corrected chi connectivity index (χ3v) is 4.82. The van der Waals surface area contributed by atoms with Crippen molar-refractivity contribution in [3.05, 3.63) is 95.1 Å². The van der Waals surface area contributed by atoms with E-state index in [-0.39, 0.29) is 0 Å². The first-order valence-electron chi connectivity index (χ1n) is 8.67. The molecule has 0 aliphatic rings. The number of aryl methyl sites for hydroxylation is 1. The fourth-order valence-corrected chi connectivity index (χ4v) is 3.33. The first kappa shape index (κ1) is 18.0. The summed E-state index contributed by atoms with van der Waals surface area (Å²) < 4.78 is 5.33. The molecule has 3 aromatic rings. The second-order valence-corrected chi connectivity index (χ2v) is 6.70. The quantitative estimate of drug-likeness (QED) is 0.696. The number of nitrogens with zero attached hydrogens (tertiary/aromatic N) is 1. The highest BCUT2D eigenvalue weighted by atomic mass is 16.5. The lowest BCUT2D eigenvalue weighted by Crippen LogP contribution is -2.30. The fraction of sp³-hybridized carbons (Fsp3) is 0.217. The Morgan fingerprint density at radius 3 is 2.00 bits per heavy atom. The number of rotatable bonds is 5. The number of aliphatic hydroxyl groups is 1. The first-order valence-corrected chi connectivity index (χ1v) is 8.67. The predicted molar refractivity (Wildman–Crippen MR) is 107 cm³/mol. The smallest absolute Gasteiger partial charge is 0.140 e. The number of hydrogen-bond donors (Lipinski definition) is 1. The zero-order chi connectivity index (χ0) is 18.7. The maximum atomic E-state index is 11.9. The second kappa shape index (κ2) is 7.22. The zero-order valence-corrected chi connectivity index (χ0v) is 15.7. The largest absolute Gasteiger partial charge is 0.497 e. The van der Waals surface area contributed by atoms with Crippen LogP contribution in [0, 0.1) is 6.92 Å². The molecule has 3 aromatic carbocycles. The molecule has 3 nitrogen and oxygen atoms in total. The van der Waals surface area contributed by atoms with E-state index in [1.807, 2.05) is 98.7 Å². The van der Waals surface area contributed by atoms with Gasteiger partial charge in [0, 0.05) is 19.8 Å². The van der Waals surface area contributed by atoms with Crippen LogP contribution in [0.2, 0.25) is 0 Å². The van der Waals surface area contributed by atoms with Gasteiger partial charge < -0.3 is 14.7 Å². The second-order valence-electron chi connectivity index (χ2n) is 6.70. The standard InChI is InChI=1S/C23H25NO2/c1-17-16-21(26-4)14-15-22(17)23(25,18-8-6-5-7-9-18)19-10-12-20(13-11-19)24(2)3/h5-16,25H,1-4H3. The molecule has 0 aromatic heterocycles. The maximum Gasteiger partial charge on any atom is 0.140 e. The molecule has 0 bridgehead atoms. The summed E-state index contributed by atoms with van der Waals surface area (Å²) in [5.41, 5.74) is 3.36. The fourth-order valence-electron chi connectivity index (χ4n) is 3.33. The minimum absolute atomic E-state index is 0.782. The lowest BCUT2D eigenvalue weighted by molar-refractivity contribution is 0.125. The molecule has 0 saturated carbocycles. The summed E-state index contributed by atoms with van der Waals surface area (Å²) in [6.07, 6.45) is 0. The molecule has 0 heterocycles. The van der Waals surface area contributed by atoms with E-state index in [1.165, 1.54) is 0 Å². The van der Waals surface area contributed by atoms with Gasteiger partial charge in [0.05, 0.1) is 7.11 Å². The van der Waals surface area contributed by atoms with Crippen LogP contribution in [0.5, 0.6) is 5.75 Å². The van der Waals surface area contributed by atoms with Crippen molar-refractivity contribution in [2.24, 2.45) is 0 Å². The molecule has 1 atom stereocenters. The molecule has 1 unspecified atom stereocenters. The van der Waals surface area contributed by atoms with E-state index in [9.17, 15) is 5.11 Å². The molecule has 0 aliphatic carbocycles. The van der Waals surface area contributed by atoms with E-state index in [4.69, 9.17) is 4.74 Å². The molecular weight excluding hydrogens is 322 g/mol. The number of ether oxygens (including phenoxy) is 1. The van der Waals surface area contributed by atoms with Gasteiger partial charge in [-0.05, 0) is 53.4 Å². The molecule has 0 radical (unpaired) electrons. The van der Waals surface area contributed by atoms with Crippen molar-refractivity contribution in [1.82, 2.24) is 0 Å². The summed E-state index contributed by atoms with van der Waals surface area (Å²) in [6.45, 7) is 2.00. The van der Waals surface area contributed by atoms with Crippen LogP contribution in [-0.4, -0.2) is 26.3 Å². The Morgan fingerprint density at radius 2 is 1.46 bits per heavy atom. The molecule has 3 rings (SSSR count). The number of methoxy groups -OCH3 is 1. The minimum Gasteiger partial charge on any atom is -0.497 e. The lowest BCUT2D eigenvalue weighted by Gasteiger charge is -2.32. The van der Waals surface area contributed by atoms with Crippen LogP contribution in [0.1, 0.15) is 22.3 Å². The third-order valence-electron chi connectivity index (χ3n) is 4.82. The van der Waals surface area contributed by atoms with Gasteiger partial charge in [0.1, 0.15) is 11.4 Å². The van der Waals surface area contributed by atoms with Crippen LogP contribution >= 0.6 is 0 Å². The van der Waals surface area contributed by atoms with Gasteiger partial charge in [-0.25, -0.2) is 0 Å². The van der Waals surface area contributed by atoms with Crippen LogP contribution in [0.3, 0.4) is 0 Å². The van der Waals surface area contributed by atoms with Crippen LogP contribution in [-0.2, 0) is 5.60 Å². The van der Waals surface area contributed by atoms with E-state index in [1.54, 1.807) is 7.11 Å². The molecule has 3 heteroatoms. The zero-order valence-electron chi connectivity index (χ0n) is 15.7. The Labute approximate surface area is 155 Å². The van der Waals surface area contributed by atoms with Gasteiger partial charge in [0.15, 0.2) is 0 Å². The number of anilines is 1. The van der Waals surface area contributed by atoms with Gasteiger partial charge >= 0.3 is 0 Å². The summed E-state index contributed by atoms with van der Waals surface area (Å²) in [6, 6.07) is 23.6. The first-order chi connectivity index (χ1) is 12.5. The highest BCUT2D eigenvalue weighted by molar-refractivity contribution is 5.54. The molecule has 134 valence electrons. The molecule has 1 N–H and O–H groups in total. The normalized spacial score (nSPS) is 13.1. The van der Waals surface area contributed by atoms with Crippen molar-refractivity contribution < 1.29 is 9.84 Å². The van der Waals surface area contributed by atoms with Crippen molar-refractivity contribution in [3.63, 3.8) is 0 Å². The van der Waals surface area contributed by atoms with Crippen LogP contribution < -0.4 is 9.64 Å². The molecule has 0 aliphatic heterocycles. The monoisotopic (exact) mass is 347 g/mol. The van der Waals surface area contributed by atoms with E-state index in [0.717, 1.165) is 33.7 Å². The molecular formula is C23H25NO2. The van der Waals surface area contributed by atoms with Crippen LogP contribution in [0.15, 0.2) is 72.8 Å². The van der Waals surface area contributed by atoms with E-state index in [2.05, 4.69) is 0 Å². The van der Waals surface area contributed by atoms with Gasteiger partial charge in [0.2, 0.25) is 0 Å². The highest BCUT2D eigenvalue weighted by Gasteiger charge is 2.35.